The fourth-order valence-corrected chi connectivity index (χ4v) is 2.18. The fraction of sp³-hybridized carbons (Fsp3) is 0. The van der Waals surface area contributed by atoms with E-state index in [1.807, 2.05) is 60.7 Å². The Kier molecular flexibility index (Phi) is 2.97. The molecule has 2 heterocycles. The van der Waals surface area contributed by atoms with Gasteiger partial charge in [0.2, 0.25) is 5.95 Å². The largest absolute Gasteiger partial charge is 0.324 e. The predicted octanol–water partition coefficient (Wildman–Crippen LogP) is 2.95. The number of rotatable bonds is 3. The van der Waals surface area contributed by atoms with Crippen LogP contribution in [0.5, 0.6) is 0 Å². The van der Waals surface area contributed by atoms with Gasteiger partial charge in [-0.3, -0.25) is 0 Å². The number of benzene rings is 2. The molecule has 22 heavy (non-hydrogen) atoms. The highest BCUT2D eigenvalue weighted by Gasteiger charge is 2.09. The third kappa shape index (κ3) is 2.26. The fourth-order valence-electron chi connectivity index (χ4n) is 2.18. The van der Waals surface area contributed by atoms with Crippen molar-refractivity contribution in [1.82, 2.24) is 25.0 Å². The van der Waals surface area contributed by atoms with Gasteiger partial charge >= 0.3 is 0 Å². The lowest BCUT2D eigenvalue weighted by atomic mass is 10.3. The maximum absolute atomic E-state index is 4.52. The molecule has 6 heteroatoms. The summed E-state index contributed by atoms with van der Waals surface area (Å²) < 4.78 is 1.70. The van der Waals surface area contributed by atoms with Gasteiger partial charge in [-0.05, 0) is 24.3 Å². The smallest absolute Gasteiger partial charge is 0.229 e. The molecule has 0 spiro atoms. The summed E-state index contributed by atoms with van der Waals surface area (Å²) in [5, 5.41) is 11.4. The van der Waals surface area contributed by atoms with E-state index in [0.29, 0.717) is 17.1 Å². The summed E-state index contributed by atoms with van der Waals surface area (Å²) in [6.07, 6.45) is 1.67. The van der Waals surface area contributed by atoms with E-state index in [2.05, 4.69) is 25.6 Å². The Labute approximate surface area is 126 Å². The van der Waals surface area contributed by atoms with Gasteiger partial charge in [-0.2, -0.15) is 9.67 Å². The van der Waals surface area contributed by atoms with Crippen molar-refractivity contribution >= 4 is 22.8 Å². The Bertz CT molecular complexity index is 902. The summed E-state index contributed by atoms with van der Waals surface area (Å²) in [5.74, 6) is 0.512. The number of aromatic nitrogens is 5. The minimum absolute atomic E-state index is 0.512. The molecule has 4 rings (SSSR count). The van der Waals surface area contributed by atoms with E-state index in [4.69, 9.17) is 0 Å². The van der Waals surface area contributed by atoms with Gasteiger partial charge in [0.25, 0.3) is 0 Å². The Balaban J connectivity index is 1.77. The average molecular weight is 288 g/mol. The number of nitrogens with zero attached hydrogens (tertiary/aromatic N) is 5. The maximum Gasteiger partial charge on any atom is 0.229 e. The molecule has 1 N–H and O–H groups in total. The second-order valence-electron chi connectivity index (χ2n) is 4.73. The summed E-state index contributed by atoms with van der Waals surface area (Å²) in [5.41, 5.74) is 3.16. The summed E-state index contributed by atoms with van der Waals surface area (Å²) in [6.45, 7) is 0. The molecule has 0 bridgehead atoms. The van der Waals surface area contributed by atoms with Crippen LogP contribution in [0.15, 0.2) is 66.9 Å². The number of fused-ring (bicyclic) bond motifs is 1. The number of hydrogen-bond donors (Lipinski definition) is 1. The van der Waals surface area contributed by atoms with Crippen LogP contribution in [0.3, 0.4) is 0 Å². The number of hydrogen-bond acceptors (Lipinski definition) is 5. The van der Waals surface area contributed by atoms with Gasteiger partial charge in [0.15, 0.2) is 11.2 Å². The number of anilines is 2. The molecule has 0 amide bonds. The van der Waals surface area contributed by atoms with Gasteiger partial charge < -0.3 is 5.32 Å². The topological polar surface area (TPSA) is 68.5 Å². The van der Waals surface area contributed by atoms with Crippen LogP contribution in [0.4, 0.5) is 11.6 Å². The van der Waals surface area contributed by atoms with Crippen molar-refractivity contribution in [3.8, 4) is 5.69 Å². The summed E-state index contributed by atoms with van der Waals surface area (Å²) >= 11 is 0. The zero-order valence-corrected chi connectivity index (χ0v) is 11.6. The predicted molar refractivity (Wildman–Crippen MR) is 84.2 cm³/mol. The standard InChI is InChI=1S/C16H12N6/c1-3-7-12(8-4-1)18-16-17-11-14-15(19-16)22(21-20-14)13-9-5-2-6-10-13/h1-11H,(H,17,18,19). The molecule has 0 saturated heterocycles. The van der Waals surface area contributed by atoms with Crippen molar-refractivity contribution in [2.45, 2.75) is 0 Å². The lowest BCUT2D eigenvalue weighted by Gasteiger charge is -2.05. The van der Waals surface area contributed by atoms with Gasteiger partial charge in [-0.25, -0.2) is 4.98 Å². The Morgan fingerprint density at radius 3 is 2.36 bits per heavy atom. The minimum atomic E-state index is 0.512. The summed E-state index contributed by atoms with van der Waals surface area (Å²) in [7, 11) is 0. The van der Waals surface area contributed by atoms with Crippen LogP contribution in [-0.4, -0.2) is 25.0 Å². The Morgan fingerprint density at radius 1 is 0.864 bits per heavy atom. The zero-order valence-electron chi connectivity index (χ0n) is 11.6. The van der Waals surface area contributed by atoms with Gasteiger partial charge in [0.05, 0.1) is 11.9 Å². The summed E-state index contributed by atoms with van der Waals surface area (Å²) in [6, 6.07) is 19.6. The van der Waals surface area contributed by atoms with Gasteiger partial charge in [0, 0.05) is 5.69 Å². The van der Waals surface area contributed by atoms with Gasteiger partial charge in [0.1, 0.15) is 0 Å². The van der Waals surface area contributed by atoms with E-state index in [-0.39, 0.29) is 0 Å². The van der Waals surface area contributed by atoms with Crippen molar-refractivity contribution in [2.24, 2.45) is 0 Å². The van der Waals surface area contributed by atoms with Crippen molar-refractivity contribution < 1.29 is 0 Å². The molecule has 4 aromatic rings. The molecule has 0 fully saturated rings. The molecule has 2 aromatic carbocycles. The second kappa shape index (κ2) is 5.25. The third-order valence-electron chi connectivity index (χ3n) is 3.22. The highest BCUT2D eigenvalue weighted by molar-refractivity contribution is 5.72. The average Bonchev–Trinajstić information content (AvgIpc) is 3.00. The molecule has 0 unspecified atom stereocenters. The van der Waals surface area contributed by atoms with E-state index in [1.165, 1.54) is 0 Å². The maximum atomic E-state index is 4.52. The third-order valence-corrected chi connectivity index (χ3v) is 3.22. The van der Waals surface area contributed by atoms with E-state index < -0.39 is 0 Å². The molecule has 6 nitrogen and oxygen atoms in total. The number of nitrogens with one attached hydrogen (secondary N) is 1. The second-order valence-corrected chi connectivity index (χ2v) is 4.73. The van der Waals surface area contributed by atoms with Crippen LogP contribution in [0.2, 0.25) is 0 Å². The molecule has 0 atom stereocenters. The number of para-hydroxylation sites is 2. The van der Waals surface area contributed by atoms with Crippen molar-refractivity contribution in [3.63, 3.8) is 0 Å². The summed E-state index contributed by atoms with van der Waals surface area (Å²) in [4.78, 5) is 8.79. The molecule has 0 aliphatic heterocycles. The van der Waals surface area contributed by atoms with Crippen LogP contribution in [0.25, 0.3) is 16.9 Å². The minimum Gasteiger partial charge on any atom is -0.324 e. The first-order valence-electron chi connectivity index (χ1n) is 6.86. The SMILES string of the molecule is c1ccc(Nc2ncc3nnn(-c4ccccc4)c3n2)cc1. The molecule has 0 aliphatic carbocycles. The Hall–Kier alpha value is -3.28. The van der Waals surface area contributed by atoms with Crippen LogP contribution >= 0.6 is 0 Å². The highest BCUT2D eigenvalue weighted by atomic mass is 15.4. The van der Waals surface area contributed by atoms with Gasteiger partial charge in [-0.15, -0.1) is 5.10 Å². The lowest BCUT2D eigenvalue weighted by Crippen LogP contribution is -2.01. The Morgan fingerprint density at radius 2 is 1.59 bits per heavy atom. The van der Waals surface area contributed by atoms with Crippen molar-refractivity contribution in [1.29, 1.82) is 0 Å². The van der Waals surface area contributed by atoms with E-state index >= 15 is 0 Å². The first-order valence-corrected chi connectivity index (χ1v) is 6.86. The molecule has 0 aliphatic rings. The van der Waals surface area contributed by atoms with E-state index in [9.17, 15) is 0 Å². The van der Waals surface area contributed by atoms with Crippen LogP contribution in [0.1, 0.15) is 0 Å². The molecular weight excluding hydrogens is 276 g/mol. The first kappa shape index (κ1) is 12.5. The van der Waals surface area contributed by atoms with Crippen LogP contribution in [-0.2, 0) is 0 Å². The van der Waals surface area contributed by atoms with Crippen LogP contribution < -0.4 is 5.32 Å². The lowest BCUT2D eigenvalue weighted by molar-refractivity contribution is 0.817. The molecule has 0 radical (unpaired) electrons. The van der Waals surface area contributed by atoms with E-state index in [0.717, 1.165) is 11.4 Å². The molecule has 106 valence electrons. The van der Waals surface area contributed by atoms with Gasteiger partial charge in [-0.1, -0.05) is 41.6 Å². The molecular formula is C16H12N6. The highest BCUT2D eigenvalue weighted by Crippen LogP contribution is 2.17. The quantitative estimate of drug-likeness (QED) is 0.627. The monoisotopic (exact) mass is 288 g/mol. The molecule has 0 saturated carbocycles. The molecule has 2 aromatic heterocycles. The van der Waals surface area contributed by atoms with E-state index in [1.54, 1.807) is 10.9 Å². The van der Waals surface area contributed by atoms with Crippen LogP contribution in [0, 0.1) is 0 Å². The normalized spacial score (nSPS) is 10.7. The van der Waals surface area contributed by atoms with Crippen molar-refractivity contribution in [3.05, 3.63) is 66.9 Å². The first-order chi connectivity index (χ1) is 10.9. The van der Waals surface area contributed by atoms with Crippen molar-refractivity contribution in [2.75, 3.05) is 5.32 Å². The zero-order chi connectivity index (χ0) is 14.8.